The highest BCUT2D eigenvalue weighted by molar-refractivity contribution is 7.91. The molecule has 4 heterocycles. The Morgan fingerprint density at radius 3 is 2.57 bits per heavy atom. The molecule has 0 spiro atoms. The van der Waals surface area contributed by atoms with Gasteiger partial charge in [0.1, 0.15) is 23.9 Å². The van der Waals surface area contributed by atoms with Crippen LogP contribution in [0.25, 0.3) is 28.5 Å². The van der Waals surface area contributed by atoms with Crippen LogP contribution in [0.15, 0.2) is 41.9 Å². The number of sulfone groups is 1. The topological polar surface area (TPSA) is 108 Å². The molecule has 0 aliphatic rings. The molecule has 0 radical (unpaired) electrons. The Hall–Kier alpha value is -3.35. The van der Waals surface area contributed by atoms with Gasteiger partial charge in [-0.3, -0.25) is 0 Å². The van der Waals surface area contributed by atoms with Crippen molar-refractivity contribution in [2.24, 2.45) is 7.05 Å². The molecule has 0 saturated carbocycles. The lowest BCUT2D eigenvalue weighted by Crippen LogP contribution is -2.10. The van der Waals surface area contributed by atoms with Crippen LogP contribution in [-0.2, 0) is 23.1 Å². The molecule has 0 amide bonds. The number of imidazole rings is 1. The van der Waals surface area contributed by atoms with E-state index in [-0.39, 0.29) is 39.1 Å². The average molecular weight is 437 g/mol. The number of hydrogen-bond acceptors (Lipinski definition) is 7. The minimum Gasteiger partial charge on any atom is -0.310 e. The van der Waals surface area contributed by atoms with E-state index in [2.05, 4.69) is 25.0 Å². The monoisotopic (exact) mass is 437 g/mol. The second-order valence-corrected chi connectivity index (χ2v) is 8.57. The molecule has 156 valence electrons. The van der Waals surface area contributed by atoms with Crippen LogP contribution in [0.2, 0.25) is 0 Å². The van der Waals surface area contributed by atoms with Crippen molar-refractivity contribution < 1.29 is 21.6 Å². The number of pyridine rings is 2. The van der Waals surface area contributed by atoms with E-state index in [9.17, 15) is 21.6 Å². The van der Waals surface area contributed by atoms with E-state index in [1.165, 1.54) is 48.0 Å². The smallest absolute Gasteiger partial charge is 0.310 e. The second kappa shape index (κ2) is 6.86. The summed E-state index contributed by atoms with van der Waals surface area (Å²) < 4.78 is 67.1. The zero-order chi connectivity index (χ0) is 21.7. The number of rotatable bonds is 4. The number of halogens is 3. The van der Waals surface area contributed by atoms with Crippen molar-refractivity contribution in [3.63, 3.8) is 0 Å². The number of hydrogen-bond donors (Lipinski definition) is 0. The van der Waals surface area contributed by atoms with Gasteiger partial charge in [0, 0.05) is 13.2 Å². The maximum absolute atomic E-state index is 13.0. The third-order valence-electron chi connectivity index (χ3n) is 4.46. The van der Waals surface area contributed by atoms with Crippen LogP contribution in [0.4, 0.5) is 13.2 Å². The van der Waals surface area contributed by atoms with E-state index in [0.29, 0.717) is 6.20 Å². The van der Waals surface area contributed by atoms with Gasteiger partial charge in [-0.05, 0) is 18.2 Å². The van der Waals surface area contributed by atoms with Gasteiger partial charge in [-0.25, -0.2) is 33.0 Å². The summed E-state index contributed by atoms with van der Waals surface area (Å²) in [5.74, 6) is 0.143. The van der Waals surface area contributed by atoms with E-state index >= 15 is 0 Å². The number of alkyl halides is 3. The van der Waals surface area contributed by atoms with Crippen LogP contribution in [-0.4, -0.2) is 48.5 Å². The first-order valence-electron chi connectivity index (χ1n) is 8.60. The van der Waals surface area contributed by atoms with Gasteiger partial charge >= 0.3 is 6.18 Å². The molecule has 0 aromatic carbocycles. The third kappa shape index (κ3) is 3.30. The fourth-order valence-corrected chi connectivity index (χ4v) is 3.92. The molecular weight excluding hydrogens is 423 g/mol. The predicted molar refractivity (Wildman–Crippen MR) is 99.4 cm³/mol. The molecule has 4 rings (SSSR count). The summed E-state index contributed by atoms with van der Waals surface area (Å²) in [4.78, 5) is 16.2. The number of nitrogens with zero attached hydrogens (tertiary/aromatic N) is 7. The van der Waals surface area contributed by atoms with E-state index in [1.54, 1.807) is 0 Å². The minimum absolute atomic E-state index is 0.0149. The van der Waals surface area contributed by atoms with Crippen molar-refractivity contribution >= 4 is 21.0 Å². The summed E-state index contributed by atoms with van der Waals surface area (Å²) in [6.07, 6.45) is -1.21. The Kier molecular flexibility index (Phi) is 4.56. The van der Waals surface area contributed by atoms with Gasteiger partial charge in [0.2, 0.25) is 0 Å². The summed E-state index contributed by atoms with van der Waals surface area (Å²) in [6, 6.07) is 3.69. The van der Waals surface area contributed by atoms with Gasteiger partial charge in [-0.15, -0.1) is 0 Å². The molecular formula is C17H14F3N7O2S. The number of aryl methyl sites for hydroxylation is 1. The first-order chi connectivity index (χ1) is 14.1. The standard InChI is InChI=1S/C17H14F3N7O2S/c1-3-30(28,29)12-4-5-13(27-9-21-8-23-27)25-14(12)16-24-11-6-10(17(18,19)20)7-22-15(11)26(16)2/h4-9H,3H2,1-2H3. The highest BCUT2D eigenvalue weighted by Crippen LogP contribution is 2.33. The summed E-state index contributed by atoms with van der Waals surface area (Å²) in [6.45, 7) is 1.48. The zero-order valence-electron chi connectivity index (χ0n) is 15.7. The third-order valence-corrected chi connectivity index (χ3v) is 6.22. The van der Waals surface area contributed by atoms with Gasteiger partial charge in [-0.1, -0.05) is 6.92 Å². The predicted octanol–water partition coefficient (Wildman–Crippen LogP) is 2.42. The molecule has 30 heavy (non-hydrogen) atoms. The first-order valence-corrected chi connectivity index (χ1v) is 10.3. The lowest BCUT2D eigenvalue weighted by molar-refractivity contribution is -0.137. The second-order valence-electron chi connectivity index (χ2n) is 6.32. The summed E-state index contributed by atoms with van der Waals surface area (Å²) in [5.41, 5.74) is -0.842. The summed E-state index contributed by atoms with van der Waals surface area (Å²) in [5, 5.41) is 3.97. The Balaban J connectivity index is 1.99. The molecule has 0 unspecified atom stereocenters. The zero-order valence-corrected chi connectivity index (χ0v) is 16.5. The van der Waals surface area contributed by atoms with Gasteiger partial charge in [0.25, 0.3) is 0 Å². The molecule has 0 aliphatic heterocycles. The normalized spacial score (nSPS) is 12.6. The maximum Gasteiger partial charge on any atom is 0.417 e. The average Bonchev–Trinajstić information content (AvgIpc) is 3.35. The van der Waals surface area contributed by atoms with E-state index in [0.717, 1.165) is 6.07 Å². The molecule has 4 aromatic rings. The quantitative estimate of drug-likeness (QED) is 0.482. The Bertz CT molecular complexity index is 1350. The Labute approximate surface area is 168 Å². The van der Waals surface area contributed by atoms with Gasteiger partial charge < -0.3 is 4.57 Å². The minimum atomic E-state index is -4.58. The summed E-state index contributed by atoms with van der Waals surface area (Å²) >= 11 is 0. The van der Waals surface area contributed by atoms with Crippen LogP contribution in [0, 0.1) is 0 Å². The molecule has 0 atom stereocenters. The Morgan fingerprint density at radius 2 is 1.93 bits per heavy atom. The molecule has 9 nitrogen and oxygen atoms in total. The van der Waals surface area contributed by atoms with Crippen molar-refractivity contribution in [2.75, 3.05) is 5.75 Å². The SMILES string of the molecule is CCS(=O)(=O)c1ccc(-n2cncn2)nc1-c1nc2cc(C(F)(F)F)cnc2n1C. The largest absolute Gasteiger partial charge is 0.417 e. The maximum atomic E-state index is 13.0. The van der Waals surface area contributed by atoms with Crippen molar-refractivity contribution in [1.29, 1.82) is 0 Å². The molecule has 0 aliphatic carbocycles. The van der Waals surface area contributed by atoms with Gasteiger partial charge in [-0.2, -0.15) is 18.3 Å². The van der Waals surface area contributed by atoms with Crippen LogP contribution in [0.5, 0.6) is 0 Å². The van der Waals surface area contributed by atoms with Crippen LogP contribution >= 0.6 is 0 Å². The lowest BCUT2D eigenvalue weighted by Gasteiger charge is -2.10. The molecule has 0 fully saturated rings. The van der Waals surface area contributed by atoms with E-state index in [4.69, 9.17) is 0 Å². The van der Waals surface area contributed by atoms with Gasteiger partial charge in [0.15, 0.2) is 27.1 Å². The van der Waals surface area contributed by atoms with Crippen molar-refractivity contribution in [2.45, 2.75) is 18.0 Å². The van der Waals surface area contributed by atoms with Crippen molar-refractivity contribution in [3.8, 4) is 17.3 Å². The number of aromatic nitrogens is 7. The molecule has 0 N–H and O–H groups in total. The molecule has 13 heteroatoms. The fourth-order valence-electron chi connectivity index (χ4n) is 2.90. The fraction of sp³-hybridized carbons (Fsp3) is 0.235. The first kappa shape index (κ1) is 19.9. The lowest BCUT2D eigenvalue weighted by atomic mass is 10.2. The molecule has 4 aromatic heterocycles. The molecule has 0 saturated heterocycles. The highest BCUT2D eigenvalue weighted by atomic mass is 32.2. The summed E-state index contributed by atoms with van der Waals surface area (Å²) in [7, 11) is -2.18. The van der Waals surface area contributed by atoms with Crippen molar-refractivity contribution in [1.82, 2.24) is 34.3 Å². The van der Waals surface area contributed by atoms with Crippen LogP contribution in [0.3, 0.4) is 0 Å². The number of fused-ring (bicyclic) bond motifs is 1. The van der Waals surface area contributed by atoms with E-state index < -0.39 is 21.6 Å². The van der Waals surface area contributed by atoms with E-state index in [1.807, 2.05) is 0 Å². The van der Waals surface area contributed by atoms with Crippen LogP contribution in [0.1, 0.15) is 12.5 Å². The Morgan fingerprint density at radius 1 is 1.17 bits per heavy atom. The van der Waals surface area contributed by atoms with Crippen molar-refractivity contribution in [3.05, 3.63) is 42.6 Å². The highest BCUT2D eigenvalue weighted by Gasteiger charge is 2.32. The van der Waals surface area contributed by atoms with Gasteiger partial charge in [0.05, 0.1) is 16.2 Å². The molecule has 0 bridgehead atoms. The van der Waals surface area contributed by atoms with Crippen LogP contribution < -0.4 is 0 Å².